The molecule has 0 amide bonds. The Hall–Kier alpha value is -2.62. The first-order valence-corrected chi connectivity index (χ1v) is 7.19. The molecule has 0 spiro atoms. The minimum Gasteiger partial charge on any atom is -0.465 e. The van der Waals surface area contributed by atoms with Crippen LogP contribution in [0.15, 0.2) is 64.2 Å². The first-order chi connectivity index (χ1) is 10.6. The monoisotopic (exact) mass is 295 g/mol. The van der Waals surface area contributed by atoms with E-state index in [9.17, 15) is 4.79 Å². The SMILES string of the molecule is CC(/C=C/c1ccco1)[C@@]1(C)N=C(c2ccccc2)OC1=O. The fourth-order valence-electron chi connectivity index (χ4n) is 2.28. The number of nitrogens with zero attached hydrogens (tertiary/aromatic N) is 1. The van der Waals surface area contributed by atoms with Crippen molar-refractivity contribution in [3.05, 3.63) is 66.1 Å². The molecule has 1 unspecified atom stereocenters. The lowest BCUT2D eigenvalue weighted by molar-refractivity contribution is -0.139. The molecule has 1 aliphatic heterocycles. The van der Waals surface area contributed by atoms with Gasteiger partial charge in [0.15, 0.2) is 5.54 Å². The number of cyclic esters (lactones) is 1. The summed E-state index contributed by atoms with van der Waals surface area (Å²) in [4.78, 5) is 16.8. The summed E-state index contributed by atoms with van der Waals surface area (Å²) in [6.45, 7) is 3.74. The normalized spacial score (nSPS) is 22.6. The lowest BCUT2D eigenvalue weighted by atomic mass is 9.87. The summed E-state index contributed by atoms with van der Waals surface area (Å²) in [5, 5.41) is 0. The van der Waals surface area contributed by atoms with Gasteiger partial charge in [-0.3, -0.25) is 0 Å². The summed E-state index contributed by atoms with van der Waals surface area (Å²) in [5.74, 6) is 0.676. The van der Waals surface area contributed by atoms with Crippen molar-refractivity contribution in [2.24, 2.45) is 10.9 Å². The third-order valence-corrected chi connectivity index (χ3v) is 3.94. The van der Waals surface area contributed by atoms with Gasteiger partial charge in [-0.1, -0.05) is 31.2 Å². The zero-order chi connectivity index (χ0) is 15.6. The molecule has 4 heteroatoms. The van der Waals surface area contributed by atoms with E-state index in [0.29, 0.717) is 5.90 Å². The highest BCUT2D eigenvalue weighted by atomic mass is 16.6. The van der Waals surface area contributed by atoms with E-state index < -0.39 is 5.54 Å². The number of benzene rings is 1. The van der Waals surface area contributed by atoms with Crippen LogP contribution in [0.5, 0.6) is 0 Å². The van der Waals surface area contributed by atoms with Gasteiger partial charge in [-0.05, 0) is 37.3 Å². The van der Waals surface area contributed by atoms with Crippen LogP contribution >= 0.6 is 0 Å². The van der Waals surface area contributed by atoms with Crippen molar-refractivity contribution in [2.75, 3.05) is 0 Å². The van der Waals surface area contributed by atoms with Gasteiger partial charge in [0.25, 0.3) is 0 Å². The Morgan fingerprint density at radius 2 is 1.95 bits per heavy atom. The van der Waals surface area contributed by atoms with Crippen molar-refractivity contribution in [1.82, 2.24) is 0 Å². The van der Waals surface area contributed by atoms with E-state index in [1.807, 2.05) is 61.5 Å². The molecule has 0 saturated carbocycles. The Bertz CT molecular complexity index is 716. The van der Waals surface area contributed by atoms with Crippen LogP contribution in [0.2, 0.25) is 0 Å². The van der Waals surface area contributed by atoms with Gasteiger partial charge in [-0.25, -0.2) is 9.79 Å². The van der Waals surface area contributed by atoms with E-state index in [4.69, 9.17) is 9.15 Å². The predicted octanol–water partition coefficient (Wildman–Crippen LogP) is 3.69. The van der Waals surface area contributed by atoms with Crippen LogP contribution in [0.25, 0.3) is 6.08 Å². The second kappa shape index (κ2) is 5.64. The van der Waals surface area contributed by atoms with E-state index in [1.165, 1.54) is 0 Å². The van der Waals surface area contributed by atoms with E-state index in [-0.39, 0.29) is 11.9 Å². The minimum atomic E-state index is -0.922. The van der Waals surface area contributed by atoms with Crippen LogP contribution in [-0.4, -0.2) is 17.4 Å². The predicted molar refractivity (Wildman–Crippen MR) is 84.4 cm³/mol. The van der Waals surface area contributed by atoms with Crippen molar-refractivity contribution >= 4 is 17.9 Å². The first kappa shape index (κ1) is 14.3. The molecule has 0 bridgehead atoms. The number of carbonyl (C=O) groups excluding carboxylic acids is 1. The van der Waals surface area contributed by atoms with Gasteiger partial charge in [-0.15, -0.1) is 0 Å². The number of hydrogen-bond acceptors (Lipinski definition) is 4. The molecule has 2 heterocycles. The van der Waals surface area contributed by atoms with Gasteiger partial charge in [0.1, 0.15) is 5.76 Å². The highest BCUT2D eigenvalue weighted by molar-refractivity contribution is 6.08. The van der Waals surface area contributed by atoms with Crippen molar-refractivity contribution < 1.29 is 13.9 Å². The highest BCUT2D eigenvalue weighted by Gasteiger charge is 2.45. The summed E-state index contributed by atoms with van der Waals surface area (Å²) in [6, 6.07) is 13.1. The largest absolute Gasteiger partial charge is 0.465 e. The summed E-state index contributed by atoms with van der Waals surface area (Å²) >= 11 is 0. The van der Waals surface area contributed by atoms with Crippen LogP contribution in [0, 0.1) is 5.92 Å². The maximum atomic E-state index is 12.3. The van der Waals surface area contributed by atoms with Gasteiger partial charge in [0.05, 0.1) is 6.26 Å². The molecule has 0 fully saturated rings. The molecule has 0 N–H and O–H groups in total. The standard InChI is InChI=1S/C18H17NO3/c1-13(10-11-15-9-6-12-21-15)18(2)17(20)22-16(19-18)14-7-4-3-5-8-14/h3-13H,1-2H3/b11-10+/t13?,18-/m1/s1. The molecule has 112 valence electrons. The number of hydrogen-bond donors (Lipinski definition) is 0. The van der Waals surface area contributed by atoms with Gasteiger partial charge in [-0.2, -0.15) is 0 Å². The Balaban J connectivity index is 1.85. The molecule has 4 nitrogen and oxygen atoms in total. The summed E-state index contributed by atoms with van der Waals surface area (Å²) < 4.78 is 10.6. The smallest absolute Gasteiger partial charge is 0.341 e. The lowest BCUT2D eigenvalue weighted by Crippen LogP contribution is -2.36. The molecular weight excluding hydrogens is 278 g/mol. The summed E-state index contributed by atoms with van der Waals surface area (Å²) in [7, 11) is 0. The first-order valence-electron chi connectivity index (χ1n) is 7.19. The number of furan rings is 1. The highest BCUT2D eigenvalue weighted by Crippen LogP contribution is 2.31. The van der Waals surface area contributed by atoms with Gasteiger partial charge in [0.2, 0.25) is 5.90 Å². The van der Waals surface area contributed by atoms with Crippen LogP contribution in [-0.2, 0) is 9.53 Å². The maximum Gasteiger partial charge on any atom is 0.341 e. The van der Waals surface area contributed by atoms with E-state index in [2.05, 4.69) is 4.99 Å². The molecule has 1 aromatic carbocycles. The topological polar surface area (TPSA) is 51.8 Å². The maximum absolute atomic E-state index is 12.3. The van der Waals surface area contributed by atoms with E-state index in [1.54, 1.807) is 13.2 Å². The van der Waals surface area contributed by atoms with E-state index >= 15 is 0 Å². The molecule has 0 aliphatic carbocycles. The average molecular weight is 295 g/mol. The van der Waals surface area contributed by atoms with Crippen LogP contribution in [0.3, 0.4) is 0 Å². The van der Waals surface area contributed by atoms with Crippen molar-refractivity contribution in [3.8, 4) is 0 Å². The summed E-state index contributed by atoms with van der Waals surface area (Å²) in [5.41, 5.74) is -0.115. The zero-order valence-electron chi connectivity index (χ0n) is 12.5. The number of aliphatic imine (C=N–C) groups is 1. The third-order valence-electron chi connectivity index (χ3n) is 3.94. The second-order valence-corrected chi connectivity index (χ2v) is 5.48. The quantitative estimate of drug-likeness (QED) is 0.808. The van der Waals surface area contributed by atoms with Crippen molar-refractivity contribution in [1.29, 1.82) is 0 Å². The molecule has 0 saturated heterocycles. The fraction of sp³-hybridized carbons (Fsp3) is 0.222. The Morgan fingerprint density at radius 3 is 2.64 bits per heavy atom. The number of carbonyl (C=O) groups is 1. The molecule has 1 aromatic heterocycles. The van der Waals surface area contributed by atoms with Crippen molar-refractivity contribution in [2.45, 2.75) is 19.4 Å². The van der Waals surface area contributed by atoms with Gasteiger partial charge in [0, 0.05) is 11.5 Å². The molecule has 0 radical (unpaired) electrons. The van der Waals surface area contributed by atoms with Crippen molar-refractivity contribution in [3.63, 3.8) is 0 Å². The Kier molecular flexibility index (Phi) is 3.67. The number of ether oxygens (including phenoxy) is 1. The van der Waals surface area contributed by atoms with Crippen LogP contribution in [0.4, 0.5) is 0 Å². The Labute approximate surface area is 129 Å². The molecule has 2 atom stereocenters. The third kappa shape index (κ3) is 2.60. The lowest BCUT2D eigenvalue weighted by Gasteiger charge is -2.21. The van der Waals surface area contributed by atoms with Gasteiger partial charge < -0.3 is 9.15 Å². The van der Waals surface area contributed by atoms with E-state index in [0.717, 1.165) is 11.3 Å². The van der Waals surface area contributed by atoms with Crippen LogP contribution < -0.4 is 0 Å². The molecule has 22 heavy (non-hydrogen) atoms. The minimum absolute atomic E-state index is 0.119. The fourth-order valence-corrected chi connectivity index (χ4v) is 2.28. The number of rotatable bonds is 4. The second-order valence-electron chi connectivity index (χ2n) is 5.48. The summed E-state index contributed by atoms with van der Waals surface area (Å²) in [6.07, 6.45) is 5.37. The molecule has 3 rings (SSSR count). The Morgan fingerprint density at radius 1 is 1.18 bits per heavy atom. The molecule has 2 aromatic rings. The average Bonchev–Trinajstić information content (AvgIpc) is 3.15. The van der Waals surface area contributed by atoms with Crippen LogP contribution in [0.1, 0.15) is 25.2 Å². The van der Waals surface area contributed by atoms with Gasteiger partial charge >= 0.3 is 5.97 Å². The number of esters is 1. The zero-order valence-corrected chi connectivity index (χ0v) is 12.5. The molecular formula is C18H17NO3. The molecule has 1 aliphatic rings.